The molecule has 3 amide bonds. The summed E-state index contributed by atoms with van der Waals surface area (Å²) in [4.78, 5) is 28.1. The second kappa shape index (κ2) is 9.50. The zero-order valence-corrected chi connectivity index (χ0v) is 17.4. The second-order valence-corrected chi connectivity index (χ2v) is 7.38. The average Bonchev–Trinajstić information content (AvgIpc) is 3.30. The van der Waals surface area contributed by atoms with Gasteiger partial charge in [0.05, 0.1) is 19.9 Å². The molecule has 11 heteroatoms. The molecule has 0 radical (unpaired) electrons. The number of ether oxygens (including phenoxy) is 2. The Morgan fingerprint density at radius 1 is 1.28 bits per heavy atom. The predicted octanol–water partition coefficient (Wildman–Crippen LogP) is 0.983. The quantitative estimate of drug-likeness (QED) is 0.477. The van der Waals surface area contributed by atoms with Crippen molar-refractivity contribution in [2.45, 2.75) is 5.16 Å². The van der Waals surface area contributed by atoms with Gasteiger partial charge in [0, 0.05) is 38.5 Å². The van der Waals surface area contributed by atoms with Crippen LogP contribution in [0.3, 0.4) is 0 Å². The molecule has 1 aromatic heterocycles. The minimum absolute atomic E-state index is 0.0102. The first-order chi connectivity index (χ1) is 14.0. The first kappa shape index (κ1) is 20.8. The maximum Gasteiger partial charge on any atom is 0.325 e. The number of methoxy groups -OCH3 is 2. The number of thioether (sulfide) groups is 1. The zero-order chi connectivity index (χ0) is 20.8. The summed E-state index contributed by atoms with van der Waals surface area (Å²) in [5, 5.41) is 11.4. The molecule has 3 rings (SSSR count). The SMILES string of the molecule is COc1ccc(OC)c(N2CCN(CC(=O)NCCSc3nncn3C)C2=O)c1. The van der Waals surface area contributed by atoms with Crippen molar-refractivity contribution in [2.24, 2.45) is 7.05 Å². The maximum atomic E-state index is 12.8. The van der Waals surface area contributed by atoms with Crippen LogP contribution in [-0.2, 0) is 11.8 Å². The van der Waals surface area contributed by atoms with E-state index < -0.39 is 0 Å². The molecule has 0 bridgehead atoms. The van der Waals surface area contributed by atoms with Crippen LogP contribution in [0.2, 0.25) is 0 Å². The summed E-state index contributed by atoms with van der Waals surface area (Å²) >= 11 is 1.50. The van der Waals surface area contributed by atoms with Crippen LogP contribution in [0.1, 0.15) is 0 Å². The van der Waals surface area contributed by atoms with Gasteiger partial charge in [0.1, 0.15) is 24.4 Å². The molecule has 2 heterocycles. The molecule has 0 saturated carbocycles. The van der Waals surface area contributed by atoms with Crippen LogP contribution >= 0.6 is 11.8 Å². The van der Waals surface area contributed by atoms with Crippen molar-refractivity contribution < 1.29 is 19.1 Å². The van der Waals surface area contributed by atoms with Crippen LogP contribution in [0.25, 0.3) is 0 Å². The number of anilines is 1. The van der Waals surface area contributed by atoms with Gasteiger partial charge in [-0.25, -0.2) is 4.79 Å². The molecule has 1 saturated heterocycles. The smallest absolute Gasteiger partial charge is 0.325 e. The van der Waals surface area contributed by atoms with Crippen molar-refractivity contribution in [3.05, 3.63) is 24.5 Å². The standard InChI is InChI=1S/C18H24N6O4S/c1-22-12-20-21-17(22)29-9-6-19-16(25)11-23-7-8-24(18(23)26)14-10-13(27-2)4-5-15(14)28-3/h4-5,10,12H,6-9,11H2,1-3H3,(H,19,25). The summed E-state index contributed by atoms with van der Waals surface area (Å²) in [7, 11) is 4.98. The molecule has 29 heavy (non-hydrogen) atoms. The molecular formula is C18H24N6O4S. The zero-order valence-electron chi connectivity index (χ0n) is 16.6. The highest BCUT2D eigenvalue weighted by Gasteiger charge is 2.32. The van der Waals surface area contributed by atoms with Gasteiger partial charge in [0.25, 0.3) is 0 Å². The lowest BCUT2D eigenvalue weighted by Crippen LogP contribution is -2.40. The monoisotopic (exact) mass is 420 g/mol. The Kier molecular flexibility index (Phi) is 6.81. The van der Waals surface area contributed by atoms with E-state index in [0.717, 1.165) is 5.16 Å². The van der Waals surface area contributed by atoms with Gasteiger partial charge in [0.2, 0.25) is 5.91 Å². The average molecular weight is 420 g/mol. The molecule has 1 aromatic carbocycles. The number of aromatic nitrogens is 3. The molecule has 0 spiro atoms. The molecule has 1 aliphatic heterocycles. The first-order valence-electron chi connectivity index (χ1n) is 9.05. The van der Waals surface area contributed by atoms with Gasteiger partial charge in [0.15, 0.2) is 5.16 Å². The summed E-state index contributed by atoms with van der Waals surface area (Å²) in [6.45, 7) is 1.42. The third-order valence-electron chi connectivity index (χ3n) is 4.43. The van der Waals surface area contributed by atoms with Crippen molar-refractivity contribution in [1.29, 1.82) is 0 Å². The van der Waals surface area contributed by atoms with Crippen molar-refractivity contribution in [2.75, 3.05) is 51.1 Å². The maximum absolute atomic E-state index is 12.8. The molecule has 0 aliphatic carbocycles. The van der Waals surface area contributed by atoms with Gasteiger partial charge >= 0.3 is 6.03 Å². The highest BCUT2D eigenvalue weighted by Crippen LogP contribution is 2.34. The molecule has 156 valence electrons. The fraction of sp³-hybridized carbons (Fsp3) is 0.444. The Labute approximate surface area is 173 Å². The van der Waals surface area contributed by atoms with E-state index in [4.69, 9.17) is 9.47 Å². The molecule has 10 nitrogen and oxygen atoms in total. The number of amides is 3. The summed E-state index contributed by atoms with van der Waals surface area (Å²) < 4.78 is 12.4. The van der Waals surface area contributed by atoms with Crippen molar-refractivity contribution in [1.82, 2.24) is 25.0 Å². The van der Waals surface area contributed by atoms with E-state index in [1.54, 1.807) is 43.6 Å². The lowest BCUT2D eigenvalue weighted by atomic mass is 10.2. The number of urea groups is 1. The Bertz CT molecular complexity index is 874. The first-order valence-corrected chi connectivity index (χ1v) is 10.0. The number of carbonyl (C=O) groups is 2. The van der Waals surface area contributed by atoms with E-state index in [2.05, 4.69) is 15.5 Å². The molecule has 2 aromatic rings. The Morgan fingerprint density at radius 2 is 2.10 bits per heavy atom. The Hall–Kier alpha value is -2.95. The minimum Gasteiger partial charge on any atom is -0.497 e. The largest absolute Gasteiger partial charge is 0.497 e. The minimum atomic E-state index is -0.236. The van der Waals surface area contributed by atoms with Crippen LogP contribution in [0.15, 0.2) is 29.7 Å². The fourth-order valence-electron chi connectivity index (χ4n) is 2.93. The van der Waals surface area contributed by atoms with E-state index in [-0.39, 0.29) is 18.5 Å². The fourth-order valence-corrected chi connectivity index (χ4v) is 3.67. The van der Waals surface area contributed by atoms with Crippen molar-refractivity contribution in [3.8, 4) is 11.5 Å². The summed E-state index contributed by atoms with van der Waals surface area (Å²) in [6.07, 6.45) is 1.63. The lowest BCUT2D eigenvalue weighted by molar-refractivity contribution is -0.121. The van der Waals surface area contributed by atoms with E-state index in [0.29, 0.717) is 42.6 Å². The summed E-state index contributed by atoms with van der Waals surface area (Å²) in [5.41, 5.74) is 0.625. The number of rotatable bonds is 9. The number of nitrogens with zero attached hydrogens (tertiary/aromatic N) is 5. The normalized spacial score (nSPS) is 13.7. The van der Waals surface area contributed by atoms with E-state index >= 15 is 0 Å². The number of nitrogens with one attached hydrogen (secondary N) is 1. The van der Waals surface area contributed by atoms with Crippen LogP contribution in [-0.4, -0.2) is 77.8 Å². The Morgan fingerprint density at radius 3 is 2.79 bits per heavy atom. The second-order valence-electron chi connectivity index (χ2n) is 6.32. The highest BCUT2D eigenvalue weighted by molar-refractivity contribution is 7.99. The predicted molar refractivity (Wildman–Crippen MR) is 109 cm³/mol. The molecule has 1 N–H and O–H groups in total. The van der Waals surface area contributed by atoms with Crippen molar-refractivity contribution >= 4 is 29.4 Å². The number of hydrogen-bond donors (Lipinski definition) is 1. The van der Waals surface area contributed by atoms with Gasteiger partial charge in [-0.2, -0.15) is 0 Å². The van der Waals surface area contributed by atoms with E-state index in [1.165, 1.54) is 16.7 Å². The third kappa shape index (κ3) is 4.91. The van der Waals surface area contributed by atoms with Crippen LogP contribution in [0, 0.1) is 0 Å². The summed E-state index contributed by atoms with van der Waals surface area (Å²) in [5.74, 6) is 1.67. The lowest BCUT2D eigenvalue weighted by Gasteiger charge is -2.21. The van der Waals surface area contributed by atoms with Gasteiger partial charge in [-0.05, 0) is 12.1 Å². The number of aryl methyl sites for hydroxylation is 1. The number of hydrogen-bond acceptors (Lipinski definition) is 7. The van der Waals surface area contributed by atoms with Gasteiger partial charge in [-0.1, -0.05) is 11.8 Å². The van der Waals surface area contributed by atoms with E-state index in [9.17, 15) is 9.59 Å². The van der Waals surface area contributed by atoms with Crippen LogP contribution in [0.4, 0.5) is 10.5 Å². The van der Waals surface area contributed by atoms with Gasteiger partial charge in [-0.3, -0.25) is 9.69 Å². The highest BCUT2D eigenvalue weighted by atomic mass is 32.2. The molecular weight excluding hydrogens is 396 g/mol. The molecule has 0 atom stereocenters. The topological polar surface area (TPSA) is 102 Å². The van der Waals surface area contributed by atoms with Gasteiger partial charge < -0.3 is 24.3 Å². The molecule has 1 fully saturated rings. The van der Waals surface area contributed by atoms with Crippen LogP contribution < -0.4 is 19.7 Å². The van der Waals surface area contributed by atoms with Gasteiger partial charge in [-0.15, -0.1) is 10.2 Å². The van der Waals surface area contributed by atoms with E-state index in [1.807, 2.05) is 11.6 Å². The number of benzene rings is 1. The van der Waals surface area contributed by atoms with Crippen molar-refractivity contribution in [3.63, 3.8) is 0 Å². The number of carbonyl (C=O) groups excluding carboxylic acids is 2. The molecule has 0 unspecified atom stereocenters. The Balaban J connectivity index is 1.51. The molecule has 1 aliphatic rings. The third-order valence-corrected chi connectivity index (χ3v) is 5.47. The van der Waals surface area contributed by atoms with Crippen LogP contribution in [0.5, 0.6) is 11.5 Å². The summed E-state index contributed by atoms with van der Waals surface area (Å²) in [6, 6.07) is 5.04.